The highest BCUT2D eigenvalue weighted by Crippen LogP contribution is 2.24. The van der Waals surface area contributed by atoms with Crippen LogP contribution in [-0.2, 0) is 4.79 Å². The van der Waals surface area contributed by atoms with Crippen LogP contribution in [0.1, 0.15) is 17.3 Å². The van der Waals surface area contributed by atoms with Gasteiger partial charge in [0.25, 0.3) is 5.91 Å². The molecule has 3 rings (SSSR count). The molecule has 0 saturated heterocycles. The maximum absolute atomic E-state index is 12.1. The van der Waals surface area contributed by atoms with Crippen molar-refractivity contribution in [3.8, 4) is 5.88 Å². The number of halogens is 1. The minimum atomic E-state index is -0.345. The number of hydrogen-bond acceptors (Lipinski definition) is 5. The highest BCUT2D eigenvalue weighted by Gasteiger charge is 2.09. The molecule has 0 aliphatic rings. The molecule has 6 nitrogen and oxygen atoms in total. The lowest BCUT2D eigenvalue weighted by Crippen LogP contribution is -2.20. The third-order valence-corrected chi connectivity index (χ3v) is 3.95. The second kappa shape index (κ2) is 7.40. The monoisotopic (exact) mass is 399 g/mol. The molecule has 7 heteroatoms. The van der Waals surface area contributed by atoms with Gasteiger partial charge in [0.05, 0.1) is 10.9 Å². The number of ether oxygens (including phenoxy) is 1. The molecule has 0 aliphatic heterocycles. The number of carbonyl (C=O) groups excluding carboxylic acids is 2. The predicted molar refractivity (Wildman–Crippen MR) is 97.8 cm³/mol. The second-order valence-electron chi connectivity index (χ2n) is 5.31. The number of hydrogen-bond donors (Lipinski definition) is 1. The molecule has 25 heavy (non-hydrogen) atoms. The number of Topliss-reactive ketones (excluding diaryl/α,β-unsaturated/α-hetero) is 1. The van der Waals surface area contributed by atoms with Crippen LogP contribution in [0, 0.1) is 0 Å². The molecule has 0 unspecified atom stereocenters. The Morgan fingerprint density at radius 3 is 2.80 bits per heavy atom. The smallest absolute Gasteiger partial charge is 0.262 e. The highest BCUT2D eigenvalue weighted by atomic mass is 79.9. The number of aromatic nitrogens is 2. The summed E-state index contributed by atoms with van der Waals surface area (Å²) in [6.07, 6.45) is 1.39. The molecule has 0 saturated carbocycles. The standard InChI is InChI=1S/C18H14BrN3O3/c1-11(23)12-3-2-4-14(7-12)22-17(24)9-25-18-15-8-13(19)5-6-16(15)20-10-21-18/h2-8,10H,9H2,1H3,(H,22,24). The van der Waals surface area contributed by atoms with Crippen molar-refractivity contribution >= 4 is 44.2 Å². The fourth-order valence-electron chi connectivity index (χ4n) is 2.27. The Bertz CT molecular complexity index is 959. The summed E-state index contributed by atoms with van der Waals surface area (Å²) in [5.41, 5.74) is 1.80. The van der Waals surface area contributed by atoms with Crippen molar-refractivity contribution in [3.63, 3.8) is 0 Å². The van der Waals surface area contributed by atoms with Gasteiger partial charge in [-0.05, 0) is 37.3 Å². The summed E-state index contributed by atoms with van der Waals surface area (Å²) in [7, 11) is 0. The normalized spacial score (nSPS) is 10.5. The zero-order valence-electron chi connectivity index (χ0n) is 13.3. The third-order valence-electron chi connectivity index (χ3n) is 3.45. The first-order valence-corrected chi connectivity index (χ1v) is 8.26. The summed E-state index contributed by atoms with van der Waals surface area (Å²) >= 11 is 3.39. The minimum Gasteiger partial charge on any atom is -0.467 e. The summed E-state index contributed by atoms with van der Waals surface area (Å²) in [6, 6.07) is 12.3. The van der Waals surface area contributed by atoms with Gasteiger partial charge in [0.2, 0.25) is 5.88 Å². The van der Waals surface area contributed by atoms with Crippen molar-refractivity contribution < 1.29 is 14.3 Å². The average Bonchev–Trinajstić information content (AvgIpc) is 2.60. The Labute approximate surface area is 152 Å². The third kappa shape index (κ3) is 4.19. The molecule has 1 amide bonds. The Hall–Kier alpha value is -2.80. The molecular formula is C18H14BrN3O3. The van der Waals surface area contributed by atoms with E-state index in [9.17, 15) is 9.59 Å². The predicted octanol–water partition coefficient (Wildman–Crippen LogP) is 3.61. The van der Waals surface area contributed by atoms with Crippen molar-refractivity contribution in [1.29, 1.82) is 0 Å². The first-order chi connectivity index (χ1) is 12.0. The van der Waals surface area contributed by atoms with Gasteiger partial charge >= 0.3 is 0 Å². The fraction of sp³-hybridized carbons (Fsp3) is 0.111. The number of carbonyl (C=O) groups is 2. The van der Waals surface area contributed by atoms with E-state index in [1.807, 2.05) is 18.2 Å². The van der Waals surface area contributed by atoms with Crippen LogP contribution >= 0.6 is 15.9 Å². The van der Waals surface area contributed by atoms with Crippen LogP contribution in [0.5, 0.6) is 5.88 Å². The maximum atomic E-state index is 12.1. The van der Waals surface area contributed by atoms with Gasteiger partial charge in [-0.1, -0.05) is 28.1 Å². The molecule has 0 bridgehead atoms. The van der Waals surface area contributed by atoms with Crippen LogP contribution < -0.4 is 10.1 Å². The Morgan fingerprint density at radius 1 is 1.16 bits per heavy atom. The molecular weight excluding hydrogens is 386 g/mol. The van der Waals surface area contributed by atoms with Crippen molar-refractivity contribution in [3.05, 3.63) is 58.8 Å². The van der Waals surface area contributed by atoms with Crippen molar-refractivity contribution in [2.75, 3.05) is 11.9 Å². The van der Waals surface area contributed by atoms with Crippen molar-refractivity contribution in [1.82, 2.24) is 9.97 Å². The molecule has 0 aliphatic carbocycles. The van der Waals surface area contributed by atoms with Gasteiger partial charge in [0.1, 0.15) is 6.33 Å². The van der Waals surface area contributed by atoms with Crippen LogP contribution in [0.3, 0.4) is 0 Å². The maximum Gasteiger partial charge on any atom is 0.262 e. The lowest BCUT2D eigenvalue weighted by atomic mass is 10.1. The summed E-state index contributed by atoms with van der Waals surface area (Å²) in [5, 5.41) is 3.41. The molecule has 0 fully saturated rings. The lowest BCUT2D eigenvalue weighted by Gasteiger charge is -2.09. The van der Waals surface area contributed by atoms with Crippen LogP contribution in [0.25, 0.3) is 10.9 Å². The van der Waals surface area contributed by atoms with Crippen LogP contribution in [0.2, 0.25) is 0 Å². The Balaban J connectivity index is 1.70. The molecule has 3 aromatic rings. The van der Waals surface area contributed by atoms with E-state index in [1.54, 1.807) is 24.3 Å². The second-order valence-corrected chi connectivity index (χ2v) is 6.23. The first kappa shape index (κ1) is 17.0. The number of fused-ring (bicyclic) bond motifs is 1. The number of benzene rings is 2. The minimum absolute atomic E-state index is 0.0645. The van der Waals surface area contributed by atoms with Gasteiger partial charge in [-0.3, -0.25) is 9.59 Å². The van der Waals surface area contributed by atoms with E-state index in [4.69, 9.17) is 4.74 Å². The van der Waals surface area contributed by atoms with Crippen LogP contribution in [-0.4, -0.2) is 28.3 Å². The molecule has 2 aromatic carbocycles. The largest absolute Gasteiger partial charge is 0.467 e. The zero-order valence-corrected chi connectivity index (χ0v) is 14.9. The van der Waals surface area contributed by atoms with E-state index in [0.717, 1.165) is 9.99 Å². The van der Waals surface area contributed by atoms with Gasteiger partial charge in [-0.15, -0.1) is 0 Å². The first-order valence-electron chi connectivity index (χ1n) is 7.47. The van der Waals surface area contributed by atoms with Gasteiger partial charge in [0.15, 0.2) is 12.4 Å². The summed E-state index contributed by atoms with van der Waals surface area (Å²) in [4.78, 5) is 31.7. The quantitative estimate of drug-likeness (QED) is 0.662. The molecule has 126 valence electrons. The molecule has 1 aromatic heterocycles. The van der Waals surface area contributed by atoms with Gasteiger partial charge < -0.3 is 10.1 Å². The number of anilines is 1. The molecule has 1 heterocycles. The van der Waals surface area contributed by atoms with Gasteiger partial charge in [-0.2, -0.15) is 0 Å². The molecule has 0 spiro atoms. The number of nitrogens with zero attached hydrogens (tertiary/aromatic N) is 2. The summed E-state index contributed by atoms with van der Waals surface area (Å²) < 4.78 is 6.40. The van der Waals surface area contributed by atoms with Gasteiger partial charge in [-0.25, -0.2) is 9.97 Å². The molecule has 0 atom stereocenters. The van der Waals surface area contributed by atoms with E-state index in [0.29, 0.717) is 22.5 Å². The van der Waals surface area contributed by atoms with E-state index < -0.39 is 0 Å². The van der Waals surface area contributed by atoms with Crippen molar-refractivity contribution in [2.45, 2.75) is 6.92 Å². The van der Waals surface area contributed by atoms with Crippen LogP contribution in [0.4, 0.5) is 5.69 Å². The molecule has 1 N–H and O–H groups in total. The van der Waals surface area contributed by atoms with Crippen molar-refractivity contribution in [2.24, 2.45) is 0 Å². The topological polar surface area (TPSA) is 81.2 Å². The number of rotatable bonds is 5. The number of nitrogens with one attached hydrogen (secondary N) is 1. The zero-order chi connectivity index (χ0) is 17.8. The van der Waals surface area contributed by atoms with E-state index in [1.165, 1.54) is 13.3 Å². The van der Waals surface area contributed by atoms with E-state index in [2.05, 4.69) is 31.2 Å². The Kier molecular flexibility index (Phi) is 5.04. The number of ketones is 1. The van der Waals surface area contributed by atoms with E-state index in [-0.39, 0.29) is 18.3 Å². The molecule has 0 radical (unpaired) electrons. The van der Waals surface area contributed by atoms with Gasteiger partial charge in [0, 0.05) is 15.7 Å². The summed E-state index contributed by atoms with van der Waals surface area (Å²) in [5.74, 6) is -0.0771. The fourth-order valence-corrected chi connectivity index (χ4v) is 2.63. The van der Waals surface area contributed by atoms with E-state index >= 15 is 0 Å². The SMILES string of the molecule is CC(=O)c1cccc(NC(=O)COc2ncnc3ccc(Br)cc23)c1. The number of amides is 1. The summed E-state index contributed by atoms with van der Waals surface area (Å²) in [6.45, 7) is 1.27. The average molecular weight is 400 g/mol. The highest BCUT2D eigenvalue weighted by molar-refractivity contribution is 9.10. The lowest BCUT2D eigenvalue weighted by molar-refractivity contribution is -0.118. The van der Waals surface area contributed by atoms with Crippen LogP contribution in [0.15, 0.2) is 53.3 Å². The Morgan fingerprint density at radius 2 is 2.00 bits per heavy atom.